The van der Waals surface area contributed by atoms with E-state index in [1.807, 2.05) is 20.8 Å². The zero-order valence-corrected chi connectivity index (χ0v) is 14.1. The first-order valence-corrected chi connectivity index (χ1v) is 8.07. The summed E-state index contributed by atoms with van der Waals surface area (Å²) < 4.78 is 15.4. The molecule has 0 fully saturated rings. The minimum atomic E-state index is -1.04. The predicted octanol–water partition coefficient (Wildman–Crippen LogP) is 4.11. The number of nitrogens with one attached hydrogen (secondary N) is 1. The second-order valence-corrected chi connectivity index (χ2v) is 8.27. The lowest BCUT2D eigenvalue weighted by atomic mass is 9.93. The molecule has 0 aliphatic carbocycles. The molecule has 1 rings (SSSR count). The Labute approximate surface area is 120 Å². The second-order valence-electron chi connectivity index (χ2n) is 6.27. The lowest BCUT2D eigenvalue weighted by Crippen LogP contribution is -2.36. The summed E-state index contributed by atoms with van der Waals surface area (Å²) in [5.74, 6) is 0. The van der Waals surface area contributed by atoms with E-state index in [9.17, 15) is 4.21 Å². The van der Waals surface area contributed by atoms with Crippen molar-refractivity contribution in [3.8, 4) is 0 Å². The van der Waals surface area contributed by atoms with Crippen molar-refractivity contribution < 1.29 is 4.21 Å². The van der Waals surface area contributed by atoms with E-state index in [0.29, 0.717) is 0 Å². The Morgan fingerprint density at radius 2 is 1.63 bits per heavy atom. The monoisotopic (exact) mass is 281 g/mol. The van der Waals surface area contributed by atoms with Crippen LogP contribution in [-0.4, -0.2) is 8.96 Å². The zero-order valence-electron chi connectivity index (χ0n) is 13.3. The minimum Gasteiger partial charge on any atom is -0.242 e. The Hall–Kier alpha value is -0.670. The molecule has 0 aliphatic heterocycles. The number of aryl methyl sites for hydroxylation is 3. The van der Waals surface area contributed by atoms with Crippen molar-refractivity contribution in [1.29, 1.82) is 0 Å². The third-order valence-electron chi connectivity index (χ3n) is 3.30. The van der Waals surface area contributed by atoms with Crippen LogP contribution in [0.2, 0.25) is 0 Å². The Bertz CT molecular complexity index is 451. The Kier molecular flexibility index (Phi) is 5.34. The second kappa shape index (κ2) is 6.19. The fourth-order valence-electron chi connectivity index (χ4n) is 2.39. The fourth-order valence-corrected chi connectivity index (χ4v) is 3.29. The van der Waals surface area contributed by atoms with E-state index in [-0.39, 0.29) is 10.8 Å². The summed E-state index contributed by atoms with van der Waals surface area (Å²) in [5, 5.41) is 0. The van der Waals surface area contributed by atoms with Crippen molar-refractivity contribution in [2.24, 2.45) is 0 Å². The summed E-state index contributed by atoms with van der Waals surface area (Å²) in [6.07, 6.45) is 0.937. The molecule has 2 nitrogen and oxygen atoms in total. The molecule has 0 saturated heterocycles. The van der Waals surface area contributed by atoms with Crippen LogP contribution < -0.4 is 4.72 Å². The standard InChI is InChI=1S/C16H27NOS/c1-8-14(17-19(18)16(5,6)7)15-12(3)9-11(2)10-13(15)4/h9-10,14,17H,8H2,1-7H3/t14-,19?/m0/s1. The molecular formula is C16H27NOS. The summed E-state index contributed by atoms with van der Waals surface area (Å²) >= 11 is 0. The minimum absolute atomic E-state index is 0.153. The van der Waals surface area contributed by atoms with Crippen LogP contribution in [0.25, 0.3) is 0 Å². The maximum absolute atomic E-state index is 12.3. The van der Waals surface area contributed by atoms with Gasteiger partial charge in [0, 0.05) is 6.04 Å². The summed E-state index contributed by atoms with van der Waals surface area (Å²) in [6, 6.07) is 4.56. The SMILES string of the molecule is CC[C@H](NS(=O)C(C)(C)C)c1c(C)cc(C)cc1C. The molecule has 2 atom stereocenters. The van der Waals surface area contributed by atoms with Crippen LogP contribution in [0.1, 0.15) is 62.4 Å². The van der Waals surface area contributed by atoms with Gasteiger partial charge in [-0.2, -0.15) is 0 Å². The average Bonchev–Trinajstić information content (AvgIpc) is 2.24. The summed E-state index contributed by atoms with van der Waals surface area (Å²) in [6.45, 7) is 14.5. The number of rotatable bonds is 4. The van der Waals surface area contributed by atoms with Gasteiger partial charge in [-0.25, -0.2) is 8.93 Å². The highest BCUT2D eigenvalue weighted by atomic mass is 32.2. The summed E-state index contributed by atoms with van der Waals surface area (Å²) in [7, 11) is -1.04. The summed E-state index contributed by atoms with van der Waals surface area (Å²) in [5.41, 5.74) is 5.14. The van der Waals surface area contributed by atoms with Gasteiger partial charge in [-0.15, -0.1) is 0 Å². The molecule has 1 aromatic rings. The fraction of sp³-hybridized carbons (Fsp3) is 0.625. The summed E-state index contributed by atoms with van der Waals surface area (Å²) in [4.78, 5) is 0. The van der Waals surface area contributed by atoms with Crippen LogP contribution in [0.3, 0.4) is 0 Å². The maximum atomic E-state index is 12.3. The van der Waals surface area contributed by atoms with Gasteiger partial charge in [0.15, 0.2) is 0 Å². The van der Waals surface area contributed by atoms with E-state index >= 15 is 0 Å². The Morgan fingerprint density at radius 1 is 1.16 bits per heavy atom. The van der Waals surface area contributed by atoms with Crippen LogP contribution in [0.4, 0.5) is 0 Å². The van der Waals surface area contributed by atoms with Crippen molar-refractivity contribution in [1.82, 2.24) is 4.72 Å². The normalized spacial score (nSPS) is 15.3. The first-order valence-electron chi connectivity index (χ1n) is 6.92. The van der Waals surface area contributed by atoms with Crippen molar-refractivity contribution >= 4 is 11.0 Å². The van der Waals surface area contributed by atoms with E-state index < -0.39 is 11.0 Å². The highest BCUT2D eigenvalue weighted by molar-refractivity contribution is 7.84. The molecular weight excluding hydrogens is 254 g/mol. The topological polar surface area (TPSA) is 29.1 Å². The van der Waals surface area contributed by atoms with E-state index in [0.717, 1.165) is 6.42 Å². The van der Waals surface area contributed by atoms with Gasteiger partial charge in [0.25, 0.3) is 0 Å². The lowest BCUT2D eigenvalue weighted by Gasteiger charge is -2.26. The van der Waals surface area contributed by atoms with E-state index in [4.69, 9.17) is 0 Å². The van der Waals surface area contributed by atoms with Crippen LogP contribution in [0, 0.1) is 20.8 Å². The van der Waals surface area contributed by atoms with Gasteiger partial charge in [0.05, 0.1) is 15.7 Å². The van der Waals surface area contributed by atoms with Gasteiger partial charge < -0.3 is 0 Å². The van der Waals surface area contributed by atoms with Gasteiger partial charge in [-0.05, 0) is 64.7 Å². The molecule has 1 unspecified atom stereocenters. The van der Waals surface area contributed by atoms with E-state index in [1.54, 1.807) is 0 Å². The molecule has 0 heterocycles. The number of hydrogen-bond donors (Lipinski definition) is 1. The Morgan fingerprint density at radius 3 is 2.00 bits per heavy atom. The quantitative estimate of drug-likeness (QED) is 0.884. The number of hydrogen-bond acceptors (Lipinski definition) is 1. The molecule has 0 amide bonds. The molecule has 0 radical (unpaired) electrons. The van der Waals surface area contributed by atoms with Crippen molar-refractivity contribution in [3.63, 3.8) is 0 Å². The van der Waals surface area contributed by atoms with Gasteiger partial charge in [0.2, 0.25) is 0 Å². The predicted molar refractivity (Wildman–Crippen MR) is 84.7 cm³/mol. The van der Waals surface area contributed by atoms with Gasteiger partial charge in [0.1, 0.15) is 0 Å². The van der Waals surface area contributed by atoms with Crippen LogP contribution in [0.5, 0.6) is 0 Å². The number of benzene rings is 1. The van der Waals surface area contributed by atoms with Crippen LogP contribution in [0.15, 0.2) is 12.1 Å². The molecule has 0 aromatic heterocycles. The van der Waals surface area contributed by atoms with E-state index in [2.05, 4.69) is 44.5 Å². The molecule has 0 saturated carbocycles. The first kappa shape index (κ1) is 16.4. The molecule has 19 heavy (non-hydrogen) atoms. The molecule has 1 N–H and O–H groups in total. The van der Waals surface area contributed by atoms with Crippen LogP contribution in [-0.2, 0) is 11.0 Å². The van der Waals surface area contributed by atoms with Crippen LogP contribution >= 0.6 is 0 Å². The van der Waals surface area contributed by atoms with Crippen molar-refractivity contribution in [2.75, 3.05) is 0 Å². The first-order chi connectivity index (χ1) is 8.66. The highest BCUT2D eigenvalue weighted by Crippen LogP contribution is 2.27. The highest BCUT2D eigenvalue weighted by Gasteiger charge is 2.24. The third-order valence-corrected chi connectivity index (χ3v) is 4.91. The Balaban J connectivity index is 3.08. The molecule has 0 spiro atoms. The largest absolute Gasteiger partial charge is 0.242 e. The smallest absolute Gasteiger partial charge is 0.0975 e. The van der Waals surface area contributed by atoms with Crippen molar-refractivity contribution in [2.45, 2.75) is 65.7 Å². The molecule has 0 aliphatic rings. The third kappa shape index (κ3) is 4.15. The molecule has 3 heteroatoms. The van der Waals surface area contributed by atoms with Gasteiger partial charge in [-0.3, -0.25) is 0 Å². The zero-order chi connectivity index (χ0) is 14.8. The van der Waals surface area contributed by atoms with Crippen molar-refractivity contribution in [3.05, 3.63) is 34.4 Å². The van der Waals surface area contributed by atoms with Gasteiger partial charge >= 0.3 is 0 Å². The lowest BCUT2D eigenvalue weighted by molar-refractivity contribution is 0.585. The molecule has 1 aromatic carbocycles. The molecule has 108 valence electrons. The van der Waals surface area contributed by atoms with Gasteiger partial charge in [-0.1, -0.05) is 24.6 Å². The van der Waals surface area contributed by atoms with E-state index in [1.165, 1.54) is 22.3 Å². The molecule has 0 bridgehead atoms. The maximum Gasteiger partial charge on any atom is 0.0975 e. The average molecular weight is 281 g/mol.